The molecule has 0 unspecified atom stereocenters. The van der Waals surface area contributed by atoms with E-state index < -0.39 is 5.82 Å². The van der Waals surface area contributed by atoms with Crippen LogP contribution in [-0.2, 0) is 0 Å². The fourth-order valence-electron chi connectivity index (χ4n) is 1.47. The topological polar surface area (TPSA) is 80.9 Å². The van der Waals surface area contributed by atoms with Gasteiger partial charge in [-0.1, -0.05) is 0 Å². The molecule has 0 spiro atoms. The van der Waals surface area contributed by atoms with Crippen molar-refractivity contribution in [2.24, 2.45) is 0 Å². The molecule has 0 aliphatic heterocycles. The highest BCUT2D eigenvalue weighted by Crippen LogP contribution is 2.18. The third kappa shape index (κ3) is 2.27. The molecular weight excluding hydrogens is 235 g/mol. The first-order valence-electron chi connectivity index (χ1n) is 5.22. The zero-order valence-electron chi connectivity index (χ0n) is 9.64. The van der Waals surface area contributed by atoms with Gasteiger partial charge < -0.3 is 11.1 Å². The van der Waals surface area contributed by atoms with E-state index >= 15 is 0 Å². The summed E-state index contributed by atoms with van der Waals surface area (Å²) in [5.41, 5.74) is 6.96. The van der Waals surface area contributed by atoms with Crippen molar-refractivity contribution in [3.05, 3.63) is 41.8 Å². The average molecular weight is 246 g/mol. The first kappa shape index (κ1) is 12.0. The first-order valence-corrected chi connectivity index (χ1v) is 5.22. The Kier molecular flexibility index (Phi) is 3.18. The summed E-state index contributed by atoms with van der Waals surface area (Å²) in [6.07, 6.45) is 1.10. The van der Waals surface area contributed by atoms with Gasteiger partial charge in [0.05, 0.1) is 23.1 Å². The number of hydrogen-bond acceptors (Lipinski definition) is 4. The van der Waals surface area contributed by atoms with Crippen LogP contribution in [0.5, 0.6) is 0 Å². The minimum Gasteiger partial charge on any atom is -0.383 e. The molecule has 0 bridgehead atoms. The molecule has 18 heavy (non-hydrogen) atoms. The largest absolute Gasteiger partial charge is 0.383 e. The van der Waals surface area contributed by atoms with E-state index in [1.54, 1.807) is 12.1 Å². The van der Waals surface area contributed by atoms with Gasteiger partial charge in [0, 0.05) is 7.05 Å². The van der Waals surface area contributed by atoms with Crippen LogP contribution in [0.2, 0.25) is 0 Å². The maximum absolute atomic E-state index is 12.7. The van der Waals surface area contributed by atoms with Crippen LogP contribution in [0.25, 0.3) is 11.4 Å². The number of halogens is 1. The minimum atomic E-state index is -0.422. The summed E-state index contributed by atoms with van der Waals surface area (Å²) in [4.78, 5) is 19.4. The molecule has 2 aromatic heterocycles. The number of amides is 1. The summed E-state index contributed by atoms with van der Waals surface area (Å²) in [6.45, 7) is 0. The summed E-state index contributed by atoms with van der Waals surface area (Å²) in [5, 5.41) is 2.46. The lowest BCUT2D eigenvalue weighted by atomic mass is 10.2. The predicted molar refractivity (Wildman–Crippen MR) is 65.2 cm³/mol. The summed E-state index contributed by atoms with van der Waals surface area (Å²) in [5.74, 6) is -0.620. The Morgan fingerprint density at radius 3 is 2.56 bits per heavy atom. The van der Waals surface area contributed by atoms with Gasteiger partial charge in [-0.3, -0.25) is 9.78 Å². The van der Waals surface area contributed by atoms with E-state index in [2.05, 4.69) is 15.3 Å². The van der Waals surface area contributed by atoms with Crippen LogP contribution in [0.15, 0.2) is 30.5 Å². The lowest BCUT2D eigenvalue weighted by Gasteiger charge is -2.05. The number of aromatic nitrogens is 2. The van der Waals surface area contributed by atoms with Gasteiger partial charge in [-0.05, 0) is 24.3 Å². The summed E-state index contributed by atoms with van der Waals surface area (Å²) in [7, 11) is 1.51. The Bertz CT molecular complexity index is 583. The Balaban J connectivity index is 2.40. The molecule has 1 amide bonds. The zero-order valence-corrected chi connectivity index (χ0v) is 9.64. The molecule has 0 aliphatic rings. The Morgan fingerprint density at radius 1 is 1.28 bits per heavy atom. The van der Waals surface area contributed by atoms with Crippen molar-refractivity contribution in [1.29, 1.82) is 0 Å². The van der Waals surface area contributed by atoms with Crippen molar-refractivity contribution in [3.8, 4) is 11.4 Å². The van der Waals surface area contributed by atoms with Crippen LogP contribution in [0.3, 0.4) is 0 Å². The minimum absolute atomic E-state index is 0.109. The number of nitrogen functional groups attached to an aromatic ring is 1. The maximum atomic E-state index is 12.7. The fourth-order valence-corrected chi connectivity index (χ4v) is 1.47. The number of carbonyl (C=O) groups is 1. The van der Waals surface area contributed by atoms with Crippen molar-refractivity contribution in [1.82, 2.24) is 15.3 Å². The maximum Gasteiger partial charge on any atom is 0.254 e. The van der Waals surface area contributed by atoms with Gasteiger partial charge in [0.15, 0.2) is 0 Å². The zero-order chi connectivity index (χ0) is 13.1. The van der Waals surface area contributed by atoms with E-state index in [4.69, 9.17) is 5.73 Å². The molecule has 0 radical (unpaired) electrons. The number of hydrogen-bond donors (Lipinski definition) is 2. The molecule has 3 N–H and O–H groups in total. The van der Waals surface area contributed by atoms with Gasteiger partial charge in [-0.15, -0.1) is 0 Å². The second-order valence-corrected chi connectivity index (χ2v) is 3.57. The quantitative estimate of drug-likeness (QED) is 0.835. The number of rotatable bonds is 2. The van der Waals surface area contributed by atoms with Gasteiger partial charge in [-0.2, -0.15) is 0 Å². The number of nitrogens with one attached hydrogen (secondary N) is 1. The SMILES string of the molecule is CNC(=O)c1ccc(-c2ccc(F)cn2)nc1N. The van der Waals surface area contributed by atoms with Gasteiger partial charge in [-0.25, -0.2) is 9.37 Å². The smallest absolute Gasteiger partial charge is 0.254 e. The molecule has 0 saturated heterocycles. The van der Waals surface area contributed by atoms with Crippen molar-refractivity contribution >= 4 is 11.7 Å². The van der Waals surface area contributed by atoms with Gasteiger partial charge in [0.2, 0.25) is 0 Å². The second-order valence-electron chi connectivity index (χ2n) is 3.57. The van der Waals surface area contributed by atoms with Crippen molar-refractivity contribution < 1.29 is 9.18 Å². The Morgan fingerprint density at radius 2 is 2.00 bits per heavy atom. The molecule has 5 nitrogen and oxygen atoms in total. The average Bonchev–Trinajstić information content (AvgIpc) is 2.38. The third-order valence-electron chi connectivity index (χ3n) is 2.39. The van der Waals surface area contributed by atoms with Crippen molar-refractivity contribution in [2.75, 3.05) is 12.8 Å². The highest BCUT2D eigenvalue weighted by atomic mass is 19.1. The summed E-state index contributed by atoms with van der Waals surface area (Å²) >= 11 is 0. The molecule has 0 atom stereocenters. The normalized spacial score (nSPS) is 10.1. The molecule has 0 fully saturated rings. The molecule has 2 aromatic rings. The van der Waals surface area contributed by atoms with Crippen LogP contribution < -0.4 is 11.1 Å². The van der Waals surface area contributed by atoms with E-state index in [1.807, 2.05) is 0 Å². The van der Waals surface area contributed by atoms with E-state index in [0.29, 0.717) is 17.0 Å². The highest BCUT2D eigenvalue weighted by Gasteiger charge is 2.11. The highest BCUT2D eigenvalue weighted by molar-refractivity contribution is 5.98. The Labute approximate surface area is 103 Å². The molecule has 92 valence electrons. The number of carbonyl (C=O) groups excluding carboxylic acids is 1. The number of anilines is 1. The monoisotopic (exact) mass is 246 g/mol. The van der Waals surface area contributed by atoms with Crippen molar-refractivity contribution in [3.63, 3.8) is 0 Å². The Hall–Kier alpha value is -2.50. The lowest BCUT2D eigenvalue weighted by molar-refractivity contribution is 0.0963. The molecule has 0 saturated carbocycles. The van der Waals surface area contributed by atoms with E-state index in [-0.39, 0.29) is 11.7 Å². The van der Waals surface area contributed by atoms with Crippen LogP contribution in [0.1, 0.15) is 10.4 Å². The fraction of sp³-hybridized carbons (Fsp3) is 0.0833. The first-order chi connectivity index (χ1) is 8.61. The van der Waals surface area contributed by atoms with E-state index in [1.165, 1.54) is 19.2 Å². The van der Waals surface area contributed by atoms with E-state index in [9.17, 15) is 9.18 Å². The molecule has 6 heteroatoms. The second kappa shape index (κ2) is 4.79. The van der Waals surface area contributed by atoms with Crippen LogP contribution in [-0.4, -0.2) is 22.9 Å². The standard InChI is InChI=1S/C12H11FN4O/c1-15-12(18)8-3-5-10(17-11(8)14)9-4-2-7(13)6-16-9/h2-6H,1H3,(H2,14,17)(H,15,18). The van der Waals surface area contributed by atoms with Crippen molar-refractivity contribution in [2.45, 2.75) is 0 Å². The number of nitrogens with two attached hydrogens (primary N) is 1. The molecular formula is C12H11FN4O. The molecule has 2 rings (SSSR count). The van der Waals surface area contributed by atoms with Crippen LogP contribution >= 0.6 is 0 Å². The van der Waals surface area contributed by atoms with Crippen LogP contribution in [0, 0.1) is 5.82 Å². The predicted octanol–water partition coefficient (Wildman–Crippen LogP) is 1.22. The summed E-state index contributed by atoms with van der Waals surface area (Å²) in [6, 6.07) is 5.95. The lowest BCUT2D eigenvalue weighted by Crippen LogP contribution is -2.19. The van der Waals surface area contributed by atoms with Gasteiger partial charge in [0.25, 0.3) is 5.91 Å². The molecule has 2 heterocycles. The number of nitrogens with zero attached hydrogens (tertiary/aromatic N) is 2. The molecule has 0 aromatic carbocycles. The van der Waals surface area contributed by atoms with Gasteiger partial charge >= 0.3 is 0 Å². The van der Waals surface area contributed by atoms with Crippen LogP contribution in [0.4, 0.5) is 10.2 Å². The molecule has 0 aliphatic carbocycles. The number of pyridine rings is 2. The third-order valence-corrected chi connectivity index (χ3v) is 2.39. The van der Waals surface area contributed by atoms with Gasteiger partial charge in [0.1, 0.15) is 11.6 Å². The van der Waals surface area contributed by atoms with E-state index in [0.717, 1.165) is 6.20 Å². The summed E-state index contributed by atoms with van der Waals surface area (Å²) < 4.78 is 12.7.